The zero-order valence-electron chi connectivity index (χ0n) is 15.3. The van der Waals surface area contributed by atoms with E-state index in [1.165, 1.54) is 0 Å². The summed E-state index contributed by atoms with van der Waals surface area (Å²) in [6.45, 7) is 0.831. The van der Waals surface area contributed by atoms with Crippen LogP contribution in [-0.4, -0.2) is 25.3 Å². The van der Waals surface area contributed by atoms with Gasteiger partial charge in [-0.25, -0.2) is 5.43 Å². The average molecular weight is 474 g/mol. The second kappa shape index (κ2) is 10.6. The monoisotopic (exact) mass is 472 g/mol. The van der Waals surface area contributed by atoms with Crippen molar-refractivity contribution < 1.29 is 14.3 Å². The van der Waals surface area contributed by atoms with Crippen LogP contribution in [0.3, 0.4) is 0 Å². The lowest BCUT2D eigenvalue weighted by molar-refractivity contribution is 0.0955. The Morgan fingerprint density at radius 1 is 0.966 bits per heavy atom. The topological polar surface area (TPSA) is 59.9 Å². The van der Waals surface area contributed by atoms with Crippen molar-refractivity contribution in [2.45, 2.75) is 0 Å². The Labute approximate surface area is 182 Å². The van der Waals surface area contributed by atoms with Crippen molar-refractivity contribution in [1.82, 2.24) is 5.43 Å². The smallest absolute Gasteiger partial charge is 0.271 e. The lowest BCUT2D eigenvalue weighted by Crippen LogP contribution is -2.17. The van der Waals surface area contributed by atoms with Crippen molar-refractivity contribution in [3.63, 3.8) is 0 Å². The van der Waals surface area contributed by atoms with E-state index in [9.17, 15) is 4.79 Å². The first-order valence-electron chi connectivity index (χ1n) is 8.80. The predicted molar refractivity (Wildman–Crippen MR) is 118 cm³/mol. The van der Waals surface area contributed by atoms with Gasteiger partial charge in [0.05, 0.1) is 6.21 Å². The van der Waals surface area contributed by atoms with E-state index in [1.54, 1.807) is 30.5 Å². The van der Waals surface area contributed by atoms with Crippen LogP contribution in [0.15, 0.2) is 82.4 Å². The second-order valence-corrected chi connectivity index (χ2v) is 7.28. The van der Waals surface area contributed by atoms with E-state index < -0.39 is 0 Å². The first-order chi connectivity index (χ1) is 14.1. The first kappa shape index (κ1) is 20.9. The highest BCUT2D eigenvalue weighted by atomic mass is 79.9. The molecule has 0 heterocycles. The third kappa shape index (κ3) is 6.93. The molecule has 148 valence electrons. The van der Waals surface area contributed by atoms with Crippen molar-refractivity contribution >= 4 is 39.7 Å². The highest BCUT2D eigenvalue weighted by Gasteiger charge is 2.04. The summed E-state index contributed by atoms with van der Waals surface area (Å²) in [6.07, 6.45) is 1.55. The minimum absolute atomic E-state index is 0.332. The molecule has 7 heteroatoms. The fourth-order valence-corrected chi connectivity index (χ4v) is 2.85. The van der Waals surface area contributed by atoms with Crippen LogP contribution in [-0.2, 0) is 0 Å². The highest BCUT2D eigenvalue weighted by Crippen LogP contribution is 2.16. The fourth-order valence-electron chi connectivity index (χ4n) is 2.39. The summed E-state index contributed by atoms with van der Waals surface area (Å²) in [4.78, 5) is 12.0. The van der Waals surface area contributed by atoms with Crippen LogP contribution >= 0.6 is 27.5 Å². The Bertz CT molecular complexity index is 993. The van der Waals surface area contributed by atoms with Crippen LogP contribution in [0.1, 0.15) is 15.9 Å². The molecule has 0 aliphatic carbocycles. The molecule has 3 aromatic rings. The van der Waals surface area contributed by atoms with Crippen molar-refractivity contribution in [2.24, 2.45) is 5.10 Å². The number of carbonyl (C=O) groups excluding carboxylic acids is 1. The maximum Gasteiger partial charge on any atom is 0.271 e. The van der Waals surface area contributed by atoms with E-state index in [4.69, 9.17) is 21.1 Å². The molecule has 0 bridgehead atoms. The summed E-state index contributed by atoms with van der Waals surface area (Å²) >= 11 is 9.27. The van der Waals surface area contributed by atoms with Crippen LogP contribution in [0.4, 0.5) is 0 Å². The van der Waals surface area contributed by atoms with Gasteiger partial charge in [-0.05, 0) is 60.2 Å². The largest absolute Gasteiger partial charge is 0.490 e. The van der Waals surface area contributed by atoms with Gasteiger partial charge in [0.15, 0.2) is 0 Å². The molecule has 0 unspecified atom stereocenters. The van der Waals surface area contributed by atoms with Gasteiger partial charge < -0.3 is 9.47 Å². The molecule has 0 aromatic heterocycles. The number of amides is 1. The van der Waals surface area contributed by atoms with Crippen molar-refractivity contribution in [2.75, 3.05) is 13.2 Å². The van der Waals surface area contributed by atoms with Crippen LogP contribution in [0.2, 0.25) is 5.02 Å². The predicted octanol–water partition coefficient (Wildman–Crippen LogP) is 5.32. The zero-order chi connectivity index (χ0) is 20.5. The van der Waals surface area contributed by atoms with E-state index in [0.29, 0.717) is 29.5 Å². The van der Waals surface area contributed by atoms with Gasteiger partial charge in [0.1, 0.15) is 24.7 Å². The average Bonchev–Trinajstić information content (AvgIpc) is 2.73. The Kier molecular flexibility index (Phi) is 7.67. The molecule has 3 rings (SSSR count). The summed E-state index contributed by atoms with van der Waals surface area (Å²) in [7, 11) is 0. The van der Waals surface area contributed by atoms with Gasteiger partial charge in [-0.1, -0.05) is 45.7 Å². The molecule has 5 nitrogen and oxygen atoms in total. The molecule has 0 saturated heterocycles. The number of halogens is 2. The minimum atomic E-state index is -0.332. The third-order valence-electron chi connectivity index (χ3n) is 3.76. The highest BCUT2D eigenvalue weighted by molar-refractivity contribution is 9.10. The Balaban J connectivity index is 1.46. The van der Waals surface area contributed by atoms with Gasteiger partial charge in [-0.3, -0.25) is 4.79 Å². The minimum Gasteiger partial charge on any atom is -0.490 e. The number of ether oxygens (including phenoxy) is 2. The normalized spacial score (nSPS) is 10.7. The third-order valence-corrected chi connectivity index (χ3v) is 4.52. The Morgan fingerprint density at radius 2 is 1.69 bits per heavy atom. The molecule has 1 amide bonds. The molecule has 29 heavy (non-hydrogen) atoms. The van der Waals surface area contributed by atoms with Gasteiger partial charge in [0.2, 0.25) is 0 Å². The number of nitrogens with one attached hydrogen (secondary N) is 1. The number of hydrogen-bond acceptors (Lipinski definition) is 4. The van der Waals surface area contributed by atoms with E-state index in [1.807, 2.05) is 48.5 Å². The van der Waals surface area contributed by atoms with Gasteiger partial charge in [0.25, 0.3) is 5.91 Å². The molecular formula is C22H18BrClN2O3. The summed E-state index contributed by atoms with van der Waals surface area (Å²) in [5.74, 6) is 1.14. The van der Waals surface area contributed by atoms with Gasteiger partial charge in [-0.15, -0.1) is 0 Å². The molecule has 3 aromatic carbocycles. The number of nitrogens with zero attached hydrogens (tertiary/aromatic N) is 1. The molecular weight excluding hydrogens is 456 g/mol. The van der Waals surface area contributed by atoms with Gasteiger partial charge >= 0.3 is 0 Å². The number of carbonyl (C=O) groups is 1. The number of rotatable bonds is 8. The molecule has 0 radical (unpaired) electrons. The first-order valence-corrected chi connectivity index (χ1v) is 9.97. The summed E-state index contributed by atoms with van der Waals surface area (Å²) in [5, 5.41) is 4.48. The van der Waals surface area contributed by atoms with Crippen LogP contribution in [0.25, 0.3) is 0 Å². The fraction of sp³-hybridized carbons (Fsp3) is 0.0909. The molecule has 0 aliphatic heterocycles. The quantitative estimate of drug-likeness (QED) is 0.273. The summed E-state index contributed by atoms with van der Waals surface area (Å²) in [6, 6.07) is 21.7. The van der Waals surface area contributed by atoms with Crippen molar-refractivity contribution in [3.05, 3.63) is 93.4 Å². The van der Waals surface area contributed by atoms with Crippen LogP contribution < -0.4 is 14.9 Å². The summed E-state index contributed by atoms with van der Waals surface area (Å²) in [5.41, 5.74) is 3.71. The zero-order valence-corrected chi connectivity index (χ0v) is 17.7. The van der Waals surface area contributed by atoms with E-state index in [2.05, 4.69) is 26.5 Å². The molecule has 0 spiro atoms. The van der Waals surface area contributed by atoms with Crippen molar-refractivity contribution in [3.8, 4) is 11.5 Å². The molecule has 0 aliphatic rings. The van der Waals surface area contributed by atoms with Crippen molar-refractivity contribution in [1.29, 1.82) is 0 Å². The van der Waals surface area contributed by atoms with E-state index in [0.717, 1.165) is 15.8 Å². The Morgan fingerprint density at radius 3 is 2.45 bits per heavy atom. The molecule has 0 atom stereocenters. The maximum atomic E-state index is 12.0. The maximum absolute atomic E-state index is 12.0. The lowest BCUT2D eigenvalue weighted by atomic mass is 10.2. The van der Waals surface area contributed by atoms with Crippen LogP contribution in [0, 0.1) is 0 Å². The van der Waals surface area contributed by atoms with E-state index in [-0.39, 0.29) is 5.91 Å². The van der Waals surface area contributed by atoms with Crippen LogP contribution in [0.5, 0.6) is 11.5 Å². The van der Waals surface area contributed by atoms with Gasteiger partial charge in [-0.2, -0.15) is 5.10 Å². The summed E-state index contributed by atoms with van der Waals surface area (Å²) < 4.78 is 12.3. The number of hydrazone groups is 1. The second-order valence-electron chi connectivity index (χ2n) is 5.93. The standard InChI is InChI=1S/C22H18BrClN2O3/c23-18-7-9-20(10-8-18)28-11-12-29-21-6-1-3-16(13-21)15-25-26-22(27)17-4-2-5-19(24)14-17/h1-10,13-15H,11-12H2,(H,26,27)/b25-15+. The lowest BCUT2D eigenvalue weighted by Gasteiger charge is -2.09. The number of benzene rings is 3. The Hall–Kier alpha value is -2.83. The van der Waals surface area contributed by atoms with E-state index >= 15 is 0 Å². The molecule has 1 N–H and O–H groups in total. The molecule has 0 saturated carbocycles. The molecule has 0 fully saturated rings. The van der Waals surface area contributed by atoms with Gasteiger partial charge in [0, 0.05) is 15.1 Å². The number of hydrogen-bond donors (Lipinski definition) is 1. The SMILES string of the molecule is O=C(N/N=C/c1cccc(OCCOc2ccc(Br)cc2)c1)c1cccc(Cl)c1.